The molecule has 0 aliphatic rings. The summed E-state index contributed by atoms with van der Waals surface area (Å²) in [5.74, 6) is 0.367. The van der Waals surface area contributed by atoms with E-state index in [1.807, 2.05) is 6.07 Å². The van der Waals surface area contributed by atoms with Gasteiger partial charge in [0.2, 0.25) is 0 Å². The second-order valence-electron chi connectivity index (χ2n) is 3.28. The summed E-state index contributed by atoms with van der Waals surface area (Å²) >= 11 is 0. The average Bonchev–Trinajstić information content (AvgIpc) is 2.88. The van der Waals surface area contributed by atoms with E-state index in [1.54, 1.807) is 0 Å². The molecule has 0 bridgehead atoms. The summed E-state index contributed by atoms with van der Waals surface area (Å²) in [5.41, 5.74) is 0.456. The number of nitriles is 1. The van der Waals surface area contributed by atoms with E-state index in [2.05, 4.69) is 25.9 Å². The summed E-state index contributed by atoms with van der Waals surface area (Å²) in [7, 11) is 0. The molecule has 2 N–H and O–H groups in total. The molecule has 18 heavy (non-hydrogen) atoms. The predicted molar refractivity (Wildman–Crippen MR) is 59.3 cm³/mol. The van der Waals surface area contributed by atoms with E-state index in [0.717, 1.165) is 0 Å². The molecule has 0 spiro atoms. The SMILES string of the molecule is N#Cc1ccc([N+](=O)[O-])c(NCc2nn[nH]n2)c1. The number of aromatic amines is 1. The van der Waals surface area contributed by atoms with Crippen molar-refractivity contribution in [2.24, 2.45) is 0 Å². The molecule has 1 heterocycles. The van der Waals surface area contributed by atoms with E-state index in [4.69, 9.17) is 5.26 Å². The number of tetrazole rings is 1. The molecule has 2 aromatic rings. The van der Waals surface area contributed by atoms with E-state index in [-0.39, 0.29) is 17.9 Å². The van der Waals surface area contributed by atoms with Crippen LogP contribution in [0.4, 0.5) is 11.4 Å². The Morgan fingerprint density at radius 3 is 3.00 bits per heavy atom. The highest BCUT2D eigenvalue weighted by molar-refractivity contribution is 5.64. The van der Waals surface area contributed by atoms with Crippen molar-refractivity contribution in [1.82, 2.24) is 20.6 Å². The zero-order valence-corrected chi connectivity index (χ0v) is 8.99. The van der Waals surface area contributed by atoms with E-state index in [1.165, 1.54) is 18.2 Å². The summed E-state index contributed by atoms with van der Waals surface area (Å²) in [4.78, 5) is 10.3. The molecule has 90 valence electrons. The van der Waals surface area contributed by atoms with Gasteiger partial charge in [0.1, 0.15) is 5.69 Å². The van der Waals surface area contributed by atoms with Gasteiger partial charge in [-0.2, -0.15) is 10.5 Å². The Bertz CT molecular complexity index is 602. The number of nitrogens with zero attached hydrogens (tertiary/aromatic N) is 5. The van der Waals surface area contributed by atoms with Gasteiger partial charge in [0.15, 0.2) is 5.82 Å². The van der Waals surface area contributed by atoms with Gasteiger partial charge in [0, 0.05) is 6.07 Å². The maximum absolute atomic E-state index is 10.8. The Hall–Kier alpha value is -3.02. The largest absolute Gasteiger partial charge is 0.372 e. The molecule has 1 aromatic heterocycles. The number of anilines is 1. The van der Waals surface area contributed by atoms with Gasteiger partial charge in [0.05, 0.1) is 23.1 Å². The quantitative estimate of drug-likeness (QED) is 0.594. The molecule has 0 radical (unpaired) electrons. The summed E-state index contributed by atoms with van der Waals surface area (Å²) in [6.07, 6.45) is 0. The van der Waals surface area contributed by atoms with Gasteiger partial charge in [-0.1, -0.05) is 5.21 Å². The molecule has 1 aromatic carbocycles. The third kappa shape index (κ3) is 2.38. The Morgan fingerprint density at radius 2 is 2.39 bits per heavy atom. The lowest BCUT2D eigenvalue weighted by Crippen LogP contribution is -2.04. The number of H-pyrrole nitrogens is 1. The number of nitro benzene ring substituents is 1. The number of nitrogens with one attached hydrogen (secondary N) is 2. The Morgan fingerprint density at radius 1 is 1.56 bits per heavy atom. The van der Waals surface area contributed by atoms with Gasteiger partial charge in [-0.25, -0.2) is 0 Å². The van der Waals surface area contributed by atoms with Crippen LogP contribution < -0.4 is 5.32 Å². The van der Waals surface area contributed by atoms with E-state index in [0.29, 0.717) is 11.4 Å². The fourth-order valence-corrected chi connectivity index (χ4v) is 1.34. The van der Waals surface area contributed by atoms with Crippen LogP contribution in [-0.2, 0) is 6.54 Å². The van der Waals surface area contributed by atoms with Crippen molar-refractivity contribution in [2.75, 3.05) is 5.32 Å². The Balaban J connectivity index is 2.24. The molecule has 0 amide bonds. The van der Waals surface area contributed by atoms with Gasteiger partial charge in [-0.15, -0.1) is 10.2 Å². The van der Waals surface area contributed by atoms with Gasteiger partial charge < -0.3 is 5.32 Å². The standard InChI is InChI=1S/C9H7N7O2/c10-4-6-1-2-8(16(17)18)7(3-6)11-5-9-12-14-15-13-9/h1-3,11H,5H2,(H,12,13,14,15). The van der Waals surface area contributed by atoms with Crippen molar-refractivity contribution >= 4 is 11.4 Å². The lowest BCUT2D eigenvalue weighted by molar-refractivity contribution is -0.384. The third-order valence-electron chi connectivity index (χ3n) is 2.15. The molecule has 0 aliphatic carbocycles. The van der Waals surface area contributed by atoms with E-state index >= 15 is 0 Å². The van der Waals surface area contributed by atoms with Crippen LogP contribution in [0.1, 0.15) is 11.4 Å². The van der Waals surface area contributed by atoms with Gasteiger partial charge in [-0.3, -0.25) is 10.1 Å². The zero-order valence-electron chi connectivity index (χ0n) is 8.99. The molecule has 0 saturated carbocycles. The molecule has 9 nitrogen and oxygen atoms in total. The molecule has 0 atom stereocenters. The first-order valence-electron chi connectivity index (χ1n) is 4.85. The maximum Gasteiger partial charge on any atom is 0.292 e. The summed E-state index contributed by atoms with van der Waals surface area (Å²) < 4.78 is 0. The van der Waals surface area contributed by atoms with Gasteiger partial charge in [0.25, 0.3) is 5.69 Å². The Labute approximate surface area is 101 Å². The van der Waals surface area contributed by atoms with Crippen molar-refractivity contribution in [2.45, 2.75) is 6.54 Å². The molecule has 2 rings (SSSR count). The molecule has 0 unspecified atom stereocenters. The normalized spacial score (nSPS) is 9.72. The smallest absolute Gasteiger partial charge is 0.292 e. The molecule has 0 saturated heterocycles. The molecule has 9 heteroatoms. The number of nitro groups is 1. The lowest BCUT2D eigenvalue weighted by Gasteiger charge is -2.04. The van der Waals surface area contributed by atoms with Crippen LogP contribution in [0.15, 0.2) is 18.2 Å². The minimum atomic E-state index is -0.528. The Kier molecular flexibility index (Phi) is 3.11. The van der Waals surface area contributed by atoms with Crippen LogP contribution in [0.5, 0.6) is 0 Å². The van der Waals surface area contributed by atoms with Crippen LogP contribution in [0, 0.1) is 21.4 Å². The molecule has 0 aliphatic heterocycles. The van der Waals surface area contributed by atoms with E-state index in [9.17, 15) is 10.1 Å². The van der Waals surface area contributed by atoms with Crippen LogP contribution in [0.3, 0.4) is 0 Å². The lowest BCUT2D eigenvalue weighted by atomic mass is 10.2. The number of rotatable bonds is 4. The number of hydrogen-bond donors (Lipinski definition) is 2. The second kappa shape index (κ2) is 4.88. The summed E-state index contributed by atoms with van der Waals surface area (Å²) in [5, 5.41) is 35.4. The topological polar surface area (TPSA) is 133 Å². The minimum Gasteiger partial charge on any atom is -0.372 e. The number of hydrogen-bond acceptors (Lipinski definition) is 7. The molecular formula is C9H7N7O2. The first-order chi connectivity index (χ1) is 8.70. The summed E-state index contributed by atoms with van der Waals surface area (Å²) in [6.45, 7) is 0.173. The van der Waals surface area contributed by atoms with Crippen molar-refractivity contribution in [1.29, 1.82) is 5.26 Å². The zero-order chi connectivity index (χ0) is 13.0. The van der Waals surface area contributed by atoms with Crippen molar-refractivity contribution in [3.63, 3.8) is 0 Å². The van der Waals surface area contributed by atoms with Crippen molar-refractivity contribution in [3.05, 3.63) is 39.7 Å². The fourth-order valence-electron chi connectivity index (χ4n) is 1.34. The highest BCUT2D eigenvalue weighted by Gasteiger charge is 2.14. The second-order valence-corrected chi connectivity index (χ2v) is 3.28. The van der Waals surface area contributed by atoms with Crippen LogP contribution in [0.2, 0.25) is 0 Å². The summed E-state index contributed by atoms with van der Waals surface area (Å²) in [6, 6.07) is 5.98. The first-order valence-corrected chi connectivity index (χ1v) is 4.85. The van der Waals surface area contributed by atoms with Crippen LogP contribution in [0.25, 0.3) is 0 Å². The minimum absolute atomic E-state index is 0.113. The van der Waals surface area contributed by atoms with E-state index < -0.39 is 4.92 Å². The first kappa shape index (κ1) is 11.5. The highest BCUT2D eigenvalue weighted by Crippen LogP contribution is 2.25. The molecule has 0 fully saturated rings. The molecular weight excluding hydrogens is 238 g/mol. The predicted octanol–water partition coefficient (Wildman–Crippen LogP) is 0.592. The number of benzene rings is 1. The van der Waals surface area contributed by atoms with Crippen molar-refractivity contribution in [3.8, 4) is 6.07 Å². The van der Waals surface area contributed by atoms with Gasteiger partial charge >= 0.3 is 0 Å². The van der Waals surface area contributed by atoms with Crippen LogP contribution >= 0.6 is 0 Å². The average molecular weight is 245 g/mol. The van der Waals surface area contributed by atoms with Crippen molar-refractivity contribution < 1.29 is 4.92 Å². The third-order valence-corrected chi connectivity index (χ3v) is 2.15. The fraction of sp³-hybridized carbons (Fsp3) is 0.111. The van der Waals surface area contributed by atoms with Gasteiger partial charge in [-0.05, 0) is 12.1 Å². The number of aromatic nitrogens is 4. The monoisotopic (exact) mass is 245 g/mol. The maximum atomic E-state index is 10.8. The van der Waals surface area contributed by atoms with Crippen LogP contribution in [-0.4, -0.2) is 25.5 Å². The highest BCUT2D eigenvalue weighted by atomic mass is 16.6.